The second-order valence-electron chi connectivity index (χ2n) is 13.2. The second-order valence-corrected chi connectivity index (χ2v) is 17.4. The van der Waals surface area contributed by atoms with Gasteiger partial charge in [-0.3, -0.25) is 0 Å². The van der Waals surface area contributed by atoms with Crippen molar-refractivity contribution in [3.63, 3.8) is 0 Å². The first-order valence-corrected chi connectivity index (χ1v) is 14.6. The number of fused-ring (bicyclic) bond motifs is 3. The molecule has 0 saturated heterocycles. The summed E-state index contributed by atoms with van der Waals surface area (Å²) >= 11 is 0. The Labute approximate surface area is 225 Å². The van der Waals surface area contributed by atoms with Crippen LogP contribution in [0.4, 0.5) is 0 Å². The van der Waals surface area contributed by atoms with Gasteiger partial charge < -0.3 is 27.3 Å². The largest absolute Gasteiger partial charge is 4.00 e. The van der Waals surface area contributed by atoms with Gasteiger partial charge in [0.05, 0.1) is 0 Å². The van der Waals surface area contributed by atoms with E-state index < -0.39 is 8.24 Å². The summed E-state index contributed by atoms with van der Waals surface area (Å²) in [5, 5.41) is 0. The zero-order chi connectivity index (χ0) is 22.0. The Morgan fingerprint density at radius 3 is 1.24 bits per heavy atom. The maximum Gasteiger partial charge on any atom is 4.00 e. The van der Waals surface area contributed by atoms with E-state index in [0.29, 0.717) is 29.2 Å². The quantitative estimate of drug-likeness (QED) is 0.263. The Kier molecular flexibility index (Phi) is 12.0. The number of hydrogen-bond acceptors (Lipinski definition) is 0. The van der Waals surface area contributed by atoms with Gasteiger partial charge in [-0.15, -0.1) is 5.54 Å². The van der Waals surface area contributed by atoms with Gasteiger partial charge in [-0.1, -0.05) is 126 Å². The van der Waals surface area contributed by atoms with Crippen LogP contribution in [0.3, 0.4) is 0 Å². The van der Waals surface area contributed by atoms with E-state index in [4.69, 9.17) is 4.98 Å². The molecule has 0 aliphatic heterocycles. The summed E-state index contributed by atoms with van der Waals surface area (Å²) in [4.78, 5) is 5.51. The molecule has 3 heteroatoms. The number of allylic oxidation sites excluding steroid dienone is 8. The van der Waals surface area contributed by atoms with Crippen LogP contribution in [0, 0.1) is 56.8 Å². The molecule has 0 heterocycles. The molecule has 0 aromatic heterocycles. The summed E-state index contributed by atoms with van der Waals surface area (Å²) in [6.45, 7) is 26.0. The van der Waals surface area contributed by atoms with Crippen molar-refractivity contribution in [2.24, 2.45) is 34.5 Å². The summed E-state index contributed by atoms with van der Waals surface area (Å²) in [6, 6.07) is 0. The van der Waals surface area contributed by atoms with E-state index in [1.165, 1.54) is 11.1 Å². The van der Waals surface area contributed by atoms with Crippen LogP contribution in [0.25, 0.3) is 4.98 Å². The Morgan fingerprint density at radius 2 is 0.970 bits per heavy atom. The molecule has 0 amide bonds. The molecule has 3 aliphatic carbocycles. The van der Waals surface area contributed by atoms with Gasteiger partial charge in [0.25, 0.3) is 0 Å². The molecular weight excluding hydrogens is 450 g/mol. The van der Waals surface area contributed by atoms with Crippen molar-refractivity contribution < 1.29 is 21.7 Å². The molecule has 1 saturated carbocycles. The summed E-state index contributed by atoms with van der Waals surface area (Å²) in [6.07, 6.45) is 15.2. The van der Waals surface area contributed by atoms with Crippen molar-refractivity contribution in [3.05, 3.63) is 74.9 Å². The third-order valence-electron chi connectivity index (χ3n) is 7.07. The van der Waals surface area contributed by atoms with E-state index in [9.17, 15) is 0 Å². The molecule has 0 N–H and O–H groups in total. The van der Waals surface area contributed by atoms with Gasteiger partial charge in [-0.25, -0.2) is 0 Å². The third kappa shape index (κ3) is 7.42. The van der Waals surface area contributed by atoms with Crippen molar-refractivity contribution in [3.8, 4) is 0 Å². The third-order valence-corrected chi connectivity index (χ3v) is 10.7. The molecule has 0 aromatic rings. The Bertz CT molecular complexity index is 713. The van der Waals surface area contributed by atoms with E-state index in [-0.39, 0.29) is 60.4 Å². The van der Waals surface area contributed by atoms with Crippen molar-refractivity contribution in [2.75, 3.05) is 0 Å². The SMILES string of the molecule is CC(C)(C)[N-][Si](C)(C)C1C2C=C(C(C)(C)C)C=CC2C2C=CC(C(C)(C)C)=CC21.[CH3-].[CH3-].[CH3-].[Ti+4]. The second kappa shape index (κ2) is 11.3. The molecule has 33 heavy (non-hydrogen) atoms. The van der Waals surface area contributed by atoms with Crippen molar-refractivity contribution in [2.45, 2.75) is 86.5 Å². The summed E-state index contributed by atoms with van der Waals surface area (Å²) in [5.74, 6) is 2.45. The van der Waals surface area contributed by atoms with Gasteiger partial charge in [0, 0.05) is 0 Å². The van der Waals surface area contributed by atoms with Crippen LogP contribution < -0.4 is 0 Å². The van der Waals surface area contributed by atoms with Gasteiger partial charge in [0.2, 0.25) is 0 Å². The van der Waals surface area contributed by atoms with Crippen LogP contribution in [0.2, 0.25) is 18.6 Å². The van der Waals surface area contributed by atoms with Crippen LogP contribution in [-0.4, -0.2) is 13.8 Å². The maximum atomic E-state index is 5.51. The first-order chi connectivity index (χ1) is 13.0. The van der Waals surface area contributed by atoms with Gasteiger partial charge in [0.1, 0.15) is 0 Å². The maximum absolute atomic E-state index is 5.51. The van der Waals surface area contributed by atoms with Crippen LogP contribution in [0.1, 0.15) is 62.3 Å². The zero-order valence-corrected chi connectivity index (χ0v) is 26.9. The summed E-state index contributed by atoms with van der Waals surface area (Å²) in [5.41, 5.74) is 4.11. The fourth-order valence-electron chi connectivity index (χ4n) is 6.03. The topological polar surface area (TPSA) is 14.1 Å². The minimum atomic E-state index is -1.83. The molecule has 4 atom stereocenters. The smallest absolute Gasteiger partial charge is 0.660 e. The summed E-state index contributed by atoms with van der Waals surface area (Å²) in [7, 11) is -1.83. The predicted octanol–water partition coefficient (Wildman–Crippen LogP) is 9.65. The van der Waals surface area contributed by atoms with Gasteiger partial charge in [-0.2, -0.15) is 0 Å². The average molecular weight is 504 g/mol. The monoisotopic (exact) mass is 503 g/mol. The van der Waals surface area contributed by atoms with Gasteiger partial charge >= 0.3 is 21.7 Å². The van der Waals surface area contributed by atoms with Crippen molar-refractivity contribution in [1.82, 2.24) is 0 Å². The molecule has 0 aromatic carbocycles. The Balaban J connectivity index is 0. The first kappa shape index (κ1) is 35.0. The molecule has 0 radical (unpaired) electrons. The van der Waals surface area contributed by atoms with Gasteiger partial charge in [0.15, 0.2) is 0 Å². The predicted molar refractivity (Wildman–Crippen MR) is 151 cm³/mol. The van der Waals surface area contributed by atoms with Crippen LogP contribution >= 0.6 is 0 Å². The molecule has 0 spiro atoms. The van der Waals surface area contributed by atoms with Crippen molar-refractivity contribution >= 4 is 8.24 Å². The van der Waals surface area contributed by atoms with E-state index in [2.05, 4.69) is 112 Å². The molecule has 3 rings (SSSR count). The summed E-state index contributed by atoms with van der Waals surface area (Å²) < 4.78 is 0. The molecule has 1 nitrogen and oxygen atoms in total. The first-order valence-electron chi connectivity index (χ1n) is 11.6. The molecular formula is C30H53NSiTi. The van der Waals surface area contributed by atoms with E-state index in [1.54, 1.807) is 0 Å². The molecule has 1 fully saturated rings. The standard InChI is InChI=1S/C27H44NSi.3CH3.Ti/c1-25(2,3)18-12-14-20-21-15-13-19(26(4,5)6)17-23(21)24(22(20)16-18)29(10,11)28-27(7,8)9;;;;/h12-17,20-24H,1-11H3;3*1H3;/q4*-1;+4. The number of rotatable bonds is 2. The zero-order valence-electron chi connectivity index (χ0n) is 24.3. The van der Waals surface area contributed by atoms with E-state index in [0.717, 1.165) is 0 Å². The fourth-order valence-corrected chi connectivity index (χ4v) is 10.4. The minimum absolute atomic E-state index is 0. The Morgan fingerprint density at radius 1 is 0.636 bits per heavy atom. The molecule has 3 aliphatic rings. The van der Waals surface area contributed by atoms with Gasteiger partial charge in [-0.05, 0) is 45.6 Å². The Hall–Kier alpha value is -0.149. The van der Waals surface area contributed by atoms with Crippen LogP contribution in [0.5, 0.6) is 0 Å². The van der Waals surface area contributed by atoms with Crippen LogP contribution in [0.15, 0.2) is 47.6 Å². The number of hydrogen-bond donors (Lipinski definition) is 0. The number of nitrogens with zero attached hydrogens (tertiary/aromatic N) is 1. The average Bonchev–Trinajstić information content (AvgIpc) is 2.84. The fraction of sp³-hybridized carbons (Fsp3) is 0.633. The van der Waals surface area contributed by atoms with Crippen LogP contribution in [-0.2, 0) is 21.7 Å². The normalized spacial score (nSPS) is 28.6. The van der Waals surface area contributed by atoms with Crippen molar-refractivity contribution in [1.29, 1.82) is 0 Å². The minimum Gasteiger partial charge on any atom is -0.660 e. The molecule has 0 bridgehead atoms. The van der Waals surface area contributed by atoms with E-state index >= 15 is 0 Å². The van der Waals surface area contributed by atoms with E-state index in [1.807, 2.05) is 0 Å². The molecule has 186 valence electrons. The molecule has 4 unspecified atom stereocenters.